The Morgan fingerprint density at radius 3 is 2.87 bits per heavy atom. The molecule has 0 saturated carbocycles. The van der Waals surface area contributed by atoms with E-state index in [4.69, 9.17) is 5.41 Å². The molecule has 1 atom stereocenters. The molecular weight excluding hydrogens is 190 g/mol. The van der Waals surface area contributed by atoms with E-state index in [2.05, 4.69) is 28.7 Å². The minimum Gasteiger partial charge on any atom is -0.320 e. The minimum absolute atomic E-state index is 0.226. The molecular formula is C10H15N5. The molecule has 2 rings (SSSR count). The number of nitrogens with zero attached hydrogens (tertiary/aromatic N) is 4. The quantitative estimate of drug-likeness (QED) is 0.741. The molecule has 0 fully saturated rings. The summed E-state index contributed by atoms with van der Waals surface area (Å²) < 4.78 is 1.97. The molecule has 1 unspecified atom stereocenters. The highest BCUT2D eigenvalue weighted by Gasteiger charge is 2.26. The standard InChI is InChI=1S/C10H15N5/c1-7(2)15-6-12-8(4-11)9-10(15)14(3)5-13-9/h4-8,11H,1-3H3. The fraction of sp³-hybridized carbons (Fsp3) is 0.500. The van der Waals surface area contributed by atoms with Gasteiger partial charge in [-0.15, -0.1) is 0 Å². The molecule has 0 bridgehead atoms. The molecule has 1 aliphatic rings. The first-order valence-electron chi connectivity index (χ1n) is 4.98. The highest BCUT2D eigenvalue weighted by molar-refractivity contribution is 5.86. The molecule has 0 aromatic carbocycles. The molecule has 5 heteroatoms. The number of aryl methyl sites for hydroxylation is 1. The molecule has 15 heavy (non-hydrogen) atoms. The van der Waals surface area contributed by atoms with Crippen molar-refractivity contribution in [3.8, 4) is 0 Å². The van der Waals surface area contributed by atoms with Crippen LogP contribution in [0, 0.1) is 5.41 Å². The third-order valence-electron chi connectivity index (χ3n) is 2.52. The molecule has 5 nitrogen and oxygen atoms in total. The number of aromatic nitrogens is 2. The summed E-state index contributed by atoms with van der Waals surface area (Å²) in [7, 11) is 1.96. The molecule has 2 heterocycles. The maximum Gasteiger partial charge on any atom is 0.139 e. The third kappa shape index (κ3) is 1.44. The Hall–Kier alpha value is -1.65. The Balaban J connectivity index is 2.51. The first kappa shape index (κ1) is 9.89. The van der Waals surface area contributed by atoms with E-state index in [1.165, 1.54) is 6.21 Å². The fourth-order valence-electron chi connectivity index (χ4n) is 1.73. The van der Waals surface area contributed by atoms with E-state index < -0.39 is 0 Å². The molecule has 0 aliphatic carbocycles. The van der Waals surface area contributed by atoms with Crippen LogP contribution in [0.4, 0.5) is 5.82 Å². The van der Waals surface area contributed by atoms with Crippen molar-refractivity contribution in [1.82, 2.24) is 9.55 Å². The average molecular weight is 205 g/mol. The molecule has 0 spiro atoms. The van der Waals surface area contributed by atoms with Crippen LogP contribution in [0.5, 0.6) is 0 Å². The van der Waals surface area contributed by atoms with E-state index in [0.717, 1.165) is 11.5 Å². The first-order chi connectivity index (χ1) is 7.15. The van der Waals surface area contributed by atoms with Crippen LogP contribution in [0.25, 0.3) is 0 Å². The number of anilines is 1. The summed E-state index contributed by atoms with van der Waals surface area (Å²) in [4.78, 5) is 10.7. The van der Waals surface area contributed by atoms with Crippen molar-refractivity contribution < 1.29 is 0 Å². The van der Waals surface area contributed by atoms with E-state index >= 15 is 0 Å². The Bertz CT molecular complexity index is 404. The lowest BCUT2D eigenvalue weighted by molar-refractivity contribution is 0.747. The van der Waals surface area contributed by atoms with Gasteiger partial charge in [0.1, 0.15) is 17.6 Å². The Labute approximate surface area is 89.0 Å². The number of rotatable bonds is 2. The number of hydrogen-bond donors (Lipinski definition) is 1. The largest absolute Gasteiger partial charge is 0.320 e. The van der Waals surface area contributed by atoms with Gasteiger partial charge in [-0.25, -0.2) is 4.98 Å². The van der Waals surface area contributed by atoms with Gasteiger partial charge >= 0.3 is 0 Å². The summed E-state index contributed by atoms with van der Waals surface area (Å²) in [6.45, 7) is 4.21. The van der Waals surface area contributed by atoms with Gasteiger partial charge in [0.15, 0.2) is 0 Å². The van der Waals surface area contributed by atoms with E-state index in [0.29, 0.717) is 6.04 Å². The van der Waals surface area contributed by atoms with E-state index in [1.807, 2.05) is 11.6 Å². The number of fused-ring (bicyclic) bond motifs is 1. The number of aliphatic imine (C=N–C) groups is 1. The van der Waals surface area contributed by atoms with E-state index in [9.17, 15) is 0 Å². The number of hydrogen-bond acceptors (Lipinski definition) is 4. The highest BCUT2D eigenvalue weighted by Crippen LogP contribution is 2.30. The van der Waals surface area contributed by atoms with Gasteiger partial charge in [0, 0.05) is 19.3 Å². The monoisotopic (exact) mass is 205 g/mol. The summed E-state index contributed by atoms with van der Waals surface area (Å²) >= 11 is 0. The van der Waals surface area contributed by atoms with Gasteiger partial charge in [-0.3, -0.25) is 4.99 Å². The van der Waals surface area contributed by atoms with Crippen molar-refractivity contribution in [2.45, 2.75) is 25.9 Å². The van der Waals surface area contributed by atoms with Gasteiger partial charge in [0.25, 0.3) is 0 Å². The molecule has 1 aromatic heterocycles. The van der Waals surface area contributed by atoms with Crippen LogP contribution in [-0.4, -0.2) is 28.1 Å². The smallest absolute Gasteiger partial charge is 0.139 e. The lowest BCUT2D eigenvalue weighted by Gasteiger charge is -2.29. The maximum absolute atomic E-state index is 7.30. The predicted octanol–water partition coefficient (Wildman–Crippen LogP) is 1.37. The van der Waals surface area contributed by atoms with Crippen LogP contribution >= 0.6 is 0 Å². The number of imidazole rings is 1. The molecule has 0 saturated heterocycles. The van der Waals surface area contributed by atoms with Gasteiger partial charge in [0.05, 0.1) is 12.7 Å². The van der Waals surface area contributed by atoms with Crippen molar-refractivity contribution in [1.29, 1.82) is 5.41 Å². The van der Waals surface area contributed by atoms with E-state index in [1.54, 1.807) is 12.7 Å². The van der Waals surface area contributed by atoms with Gasteiger partial charge in [-0.2, -0.15) is 0 Å². The summed E-state index contributed by atoms with van der Waals surface area (Å²) in [5.41, 5.74) is 0.865. The minimum atomic E-state index is -0.226. The van der Waals surface area contributed by atoms with Crippen molar-refractivity contribution in [2.75, 3.05) is 4.90 Å². The van der Waals surface area contributed by atoms with Crippen LogP contribution in [0.3, 0.4) is 0 Å². The summed E-state index contributed by atoms with van der Waals surface area (Å²) in [6.07, 6.45) is 4.88. The van der Waals surface area contributed by atoms with Gasteiger partial charge < -0.3 is 14.9 Å². The molecule has 1 N–H and O–H groups in total. The SMILES string of the molecule is CC(C)N1C=NC(C=N)c2ncn(C)c21. The van der Waals surface area contributed by atoms with Crippen LogP contribution in [0.2, 0.25) is 0 Å². The van der Waals surface area contributed by atoms with Gasteiger partial charge in [-0.05, 0) is 13.8 Å². The van der Waals surface area contributed by atoms with Crippen molar-refractivity contribution in [3.05, 3.63) is 12.0 Å². The average Bonchev–Trinajstić information content (AvgIpc) is 2.60. The van der Waals surface area contributed by atoms with Crippen molar-refractivity contribution >= 4 is 18.4 Å². The Morgan fingerprint density at radius 2 is 2.27 bits per heavy atom. The van der Waals surface area contributed by atoms with Gasteiger partial charge in [0.2, 0.25) is 0 Å². The van der Waals surface area contributed by atoms with Gasteiger partial charge in [-0.1, -0.05) is 0 Å². The lowest BCUT2D eigenvalue weighted by Crippen LogP contribution is -2.34. The fourth-order valence-corrected chi connectivity index (χ4v) is 1.73. The molecule has 1 aromatic rings. The summed E-state index contributed by atoms with van der Waals surface area (Å²) in [6, 6.07) is 0.116. The van der Waals surface area contributed by atoms with Crippen LogP contribution < -0.4 is 4.90 Å². The van der Waals surface area contributed by atoms with Crippen LogP contribution in [0.1, 0.15) is 25.6 Å². The zero-order chi connectivity index (χ0) is 11.0. The molecule has 0 amide bonds. The normalized spacial score (nSPS) is 19.5. The predicted molar refractivity (Wildman–Crippen MR) is 60.8 cm³/mol. The lowest BCUT2D eigenvalue weighted by atomic mass is 10.2. The molecule has 1 aliphatic heterocycles. The third-order valence-corrected chi connectivity index (χ3v) is 2.52. The highest BCUT2D eigenvalue weighted by atomic mass is 15.3. The zero-order valence-corrected chi connectivity index (χ0v) is 9.18. The second kappa shape index (κ2) is 3.49. The number of nitrogens with one attached hydrogen (secondary N) is 1. The maximum atomic E-state index is 7.30. The van der Waals surface area contributed by atoms with Crippen molar-refractivity contribution in [3.63, 3.8) is 0 Å². The first-order valence-corrected chi connectivity index (χ1v) is 4.98. The van der Waals surface area contributed by atoms with Crippen molar-refractivity contribution in [2.24, 2.45) is 12.0 Å². The molecule has 0 radical (unpaired) electrons. The summed E-state index contributed by atoms with van der Waals surface area (Å²) in [5.74, 6) is 1.04. The second-order valence-electron chi connectivity index (χ2n) is 3.94. The Kier molecular flexibility index (Phi) is 2.30. The topological polar surface area (TPSA) is 57.3 Å². The van der Waals surface area contributed by atoms with Crippen LogP contribution in [-0.2, 0) is 7.05 Å². The van der Waals surface area contributed by atoms with E-state index in [-0.39, 0.29) is 6.04 Å². The Morgan fingerprint density at radius 1 is 1.53 bits per heavy atom. The molecule has 80 valence electrons. The van der Waals surface area contributed by atoms with Crippen LogP contribution in [0.15, 0.2) is 11.3 Å². The second-order valence-corrected chi connectivity index (χ2v) is 3.94. The zero-order valence-electron chi connectivity index (χ0n) is 9.18. The summed E-state index contributed by atoms with van der Waals surface area (Å²) in [5, 5.41) is 7.30.